The largest absolute Gasteiger partial charge is 0.497 e. The van der Waals surface area contributed by atoms with E-state index in [-0.39, 0.29) is 11.5 Å². The molecule has 2 aromatic carbocycles. The van der Waals surface area contributed by atoms with Gasteiger partial charge in [-0.2, -0.15) is 10.2 Å². The minimum Gasteiger partial charge on any atom is -0.497 e. The second-order valence-electron chi connectivity index (χ2n) is 7.87. The van der Waals surface area contributed by atoms with Crippen LogP contribution in [0.3, 0.4) is 0 Å². The van der Waals surface area contributed by atoms with E-state index in [1.807, 2.05) is 44.2 Å². The van der Waals surface area contributed by atoms with Crippen LogP contribution in [-0.2, 0) is 4.79 Å². The molecule has 0 fully saturated rings. The number of aromatic nitrogens is 4. The van der Waals surface area contributed by atoms with Crippen LogP contribution in [-0.4, -0.2) is 39.7 Å². The third kappa shape index (κ3) is 4.00. The highest BCUT2D eigenvalue weighted by atomic mass is 16.5. The first-order valence-corrected chi connectivity index (χ1v) is 11.0. The van der Waals surface area contributed by atoms with Gasteiger partial charge in [-0.25, -0.2) is 9.36 Å². The summed E-state index contributed by atoms with van der Waals surface area (Å²) in [4.78, 5) is 26.8. The molecule has 4 aromatic rings. The Hall–Kier alpha value is -4.14. The van der Waals surface area contributed by atoms with E-state index in [0.717, 1.165) is 5.69 Å². The number of ether oxygens (including phenoxy) is 2. The lowest BCUT2D eigenvalue weighted by Crippen LogP contribution is -2.35. The molecular weight excluding hydrogens is 434 g/mol. The Labute approximate surface area is 196 Å². The maximum atomic E-state index is 13.5. The molecule has 0 aliphatic heterocycles. The van der Waals surface area contributed by atoms with Crippen molar-refractivity contribution in [2.24, 2.45) is 0 Å². The molecule has 0 saturated heterocycles. The second kappa shape index (κ2) is 9.38. The summed E-state index contributed by atoms with van der Waals surface area (Å²) in [6.45, 7) is 5.47. The molecule has 0 spiro atoms. The van der Waals surface area contributed by atoms with Gasteiger partial charge < -0.3 is 14.8 Å². The Morgan fingerprint density at radius 1 is 1.06 bits per heavy atom. The molecule has 176 valence electrons. The van der Waals surface area contributed by atoms with E-state index in [1.54, 1.807) is 36.9 Å². The van der Waals surface area contributed by atoms with E-state index in [4.69, 9.17) is 9.47 Å². The fraction of sp³-hybridized carbons (Fsp3) is 0.280. The number of nitrogens with one attached hydrogen (secondary N) is 1. The van der Waals surface area contributed by atoms with Gasteiger partial charge in [0.15, 0.2) is 0 Å². The summed E-state index contributed by atoms with van der Waals surface area (Å²) in [5.41, 5.74) is 2.75. The molecule has 1 N–H and O–H groups in total. The van der Waals surface area contributed by atoms with Gasteiger partial charge in [0.05, 0.1) is 42.4 Å². The third-order valence-corrected chi connectivity index (χ3v) is 5.79. The molecule has 34 heavy (non-hydrogen) atoms. The number of para-hydroxylation sites is 1. The topological polar surface area (TPSA) is 100 Å². The zero-order chi connectivity index (χ0) is 24.4. The molecule has 4 rings (SSSR count). The molecule has 0 aliphatic carbocycles. The Bertz CT molecular complexity index is 1410. The maximum Gasteiger partial charge on any atom is 0.278 e. The first-order chi connectivity index (χ1) is 16.4. The molecule has 0 saturated carbocycles. The van der Waals surface area contributed by atoms with E-state index in [0.29, 0.717) is 45.9 Å². The van der Waals surface area contributed by atoms with Crippen LogP contribution in [0.2, 0.25) is 0 Å². The number of rotatable bonds is 7. The molecule has 1 atom stereocenters. The van der Waals surface area contributed by atoms with Crippen molar-refractivity contribution in [2.45, 2.75) is 33.2 Å². The van der Waals surface area contributed by atoms with Crippen molar-refractivity contribution < 1.29 is 14.3 Å². The van der Waals surface area contributed by atoms with Crippen molar-refractivity contribution in [1.82, 2.24) is 19.6 Å². The van der Waals surface area contributed by atoms with E-state index in [2.05, 4.69) is 15.5 Å². The number of carbonyl (C=O) groups is 1. The summed E-state index contributed by atoms with van der Waals surface area (Å²) >= 11 is 0. The minimum absolute atomic E-state index is 0.357. The van der Waals surface area contributed by atoms with Crippen LogP contribution in [0.15, 0.2) is 53.3 Å². The fourth-order valence-electron chi connectivity index (χ4n) is 4.00. The lowest BCUT2D eigenvalue weighted by molar-refractivity contribution is -0.119. The highest BCUT2D eigenvalue weighted by molar-refractivity contribution is 5.95. The number of aryl methyl sites for hydroxylation is 2. The Morgan fingerprint density at radius 2 is 1.79 bits per heavy atom. The van der Waals surface area contributed by atoms with Crippen LogP contribution in [0.5, 0.6) is 11.5 Å². The van der Waals surface area contributed by atoms with Gasteiger partial charge in [-0.1, -0.05) is 25.1 Å². The monoisotopic (exact) mass is 461 g/mol. The van der Waals surface area contributed by atoms with Crippen molar-refractivity contribution in [3.63, 3.8) is 0 Å². The SMILES string of the molecule is CC[C@@H](C(=O)Nc1ccc(OC)cc1OC)n1nc(C)c2nn(-c3ccccc3)c(C)c2c1=O. The minimum atomic E-state index is -0.818. The van der Waals surface area contributed by atoms with Crippen LogP contribution in [0.1, 0.15) is 30.8 Å². The summed E-state index contributed by atoms with van der Waals surface area (Å²) in [5.74, 6) is 0.689. The normalized spacial score (nSPS) is 11.9. The predicted molar refractivity (Wildman–Crippen MR) is 130 cm³/mol. The number of hydrogen-bond acceptors (Lipinski definition) is 6. The number of fused-ring (bicyclic) bond motifs is 1. The van der Waals surface area contributed by atoms with Crippen molar-refractivity contribution >= 4 is 22.5 Å². The highest BCUT2D eigenvalue weighted by Gasteiger charge is 2.26. The van der Waals surface area contributed by atoms with Crippen molar-refractivity contribution in [1.29, 1.82) is 0 Å². The third-order valence-electron chi connectivity index (χ3n) is 5.79. The molecular formula is C25H27N5O4. The van der Waals surface area contributed by atoms with E-state index >= 15 is 0 Å². The van der Waals surface area contributed by atoms with Crippen LogP contribution in [0.25, 0.3) is 16.6 Å². The van der Waals surface area contributed by atoms with Crippen molar-refractivity contribution in [3.05, 3.63) is 70.3 Å². The van der Waals surface area contributed by atoms with E-state index in [9.17, 15) is 9.59 Å². The number of anilines is 1. The van der Waals surface area contributed by atoms with Gasteiger partial charge in [-0.15, -0.1) is 0 Å². The maximum absolute atomic E-state index is 13.5. The number of methoxy groups -OCH3 is 2. The number of carbonyl (C=O) groups excluding carboxylic acids is 1. The first-order valence-electron chi connectivity index (χ1n) is 11.0. The molecule has 9 nitrogen and oxygen atoms in total. The number of amides is 1. The van der Waals surface area contributed by atoms with Crippen LogP contribution < -0.4 is 20.3 Å². The lowest BCUT2D eigenvalue weighted by atomic mass is 10.1. The second-order valence-corrected chi connectivity index (χ2v) is 7.87. The van der Waals surface area contributed by atoms with Crippen molar-refractivity contribution in [2.75, 3.05) is 19.5 Å². The van der Waals surface area contributed by atoms with E-state index in [1.165, 1.54) is 11.8 Å². The average Bonchev–Trinajstić information content (AvgIpc) is 3.21. The van der Waals surface area contributed by atoms with Gasteiger partial charge in [-0.3, -0.25) is 9.59 Å². The number of hydrogen-bond donors (Lipinski definition) is 1. The molecule has 2 heterocycles. The van der Waals surface area contributed by atoms with Gasteiger partial charge in [0, 0.05) is 6.07 Å². The van der Waals surface area contributed by atoms with Crippen LogP contribution >= 0.6 is 0 Å². The Kier molecular flexibility index (Phi) is 6.36. The number of nitrogens with zero attached hydrogens (tertiary/aromatic N) is 4. The van der Waals surface area contributed by atoms with Crippen LogP contribution in [0, 0.1) is 13.8 Å². The fourth-order valence-corrected chi connectivity index (χ4v) is 4.00. The zero-order valence-electron chi connectivity index (χ0n) is 19.8. The lowest BCUT2D eigenvalue weighted by Gasteiger charge is -2.18. The summed E-state index contributed by atoms with van der Waals surface area (Å²) in [5, 5.41) is 12.4. The standard InChI is InChI=1S/C25H27N5O4/c1-6-20(24(31)26-19-13-12-18(33-4)14-21(19)34-5)30-25(32)22-16(3)29(17-10-8-7-9-11-17)28-23(22)15(2)27-30/h7-14,20H,6H2,1-5H3,(H,26,31)/t20-/m0/s1. The summed E-state index contributed by atoms with van der Waals surface area (Å²) < 4.78 is 13.6. The van der Waals surface area contributed by atoms with Gasteiger partial charge in [-0.05, 0) is 44.5 Å². The molecule has 0 aliphatic rings. The average molecular weight is 462 g/mol. The van der Waals surface area contributed by atoms with Gasteiger partial charge in [0.25, 0.3) is 5.56 Å². The van der Waals surface area contributed by atoms with Crippen molar-refractivity contribution in [3.8, 4) is 17.2 Å². The number of benzene rings is 2. The Balaban J connectivity index is 1.76. The summed E-state index contributed by atoms with van der Waals surface area (Å²) in [6, 6.07) is 13.9. The molecule has 9 heteroatoms. The Morgan fingerprint density at radius 3 is 2.44 bits per heavy atom. The molecule has 0 unspecified atom stereocenters. The van der Waals surface area contributed by atoms with Gasteiger partial charge >= 0.3 is 0 Å². The molecule has 2 aromatic heterocycles. The summed E-state index contributed by atoms with van der Waals surface area (Å²) in [6.07, 6.45) is 0.369. The molecule has 1 amide bonds. The first kappa shape index (κ1) is 23.0. The quantitative estimate of drug-likeness (QED) is 0.449. The zero-order valence-corrected chi connectivity index (χ0v) is 19.8. The smallest absolute Gasteiger partial charge is 0.278 e. The predicted octanol–water partition coefficient (Wildman–Crippen LogP) is 3.81. The molecule has 0 radical (unpaired) electrons. The van der Waals surface area contributed by atoms with Crippen LogP contribution in [0.4, 0.5) is 5.69 Å². The molecule has 0 bridgehead atoms. The van der Waals surface area contributed by atoms with Gasteiger partial charge in [0.1, 0.15) is 23.1 Å². The summed E-state index contributed by atoms with van der Waals surface area (Å²) in [7, 11) is 3.07. The van der Waals surface area contributed by atoms with E-state index < -0.39 is 6.04 Å². The van der Waals surface area contributed by atoms with Gasteiger partial charge in [0.2, 0.25) is 5.91 Å². The highest BCUT2D eigenvalue weighted by Crippen LogP contribution is 2.30.